The molecule has 3 nitrogen and oxygen atoms in total. The van der Waals surface area contributed by atoms with Crippen LogP contribution in [0, 0.1) is 5.92 Å². The fourth-order valence-corrected chi connectivity index (χ4v) is 2.43. The van der Waals surface area contributed by atoms with Crippen molar-refractivity contribution in [3.05, 3.63) is 23.5 Å². The van der Waals surface area contributed by atoms with Crippen LogP contribution in [0.3, 0.4) is 0 Å². The number of amides is 1. The molecule has 1 amide bonds. The minimum atomic E-state index is 0.209. The van der Waals surface area contributed by atoms with Gasteiger partial charge >= 0.3 is 0 Å². The Balaban J connectivity index is 2.05. The molecule has 0 atom stereocenters. The van der Waals surface area contributed by atoms with Crippen molar-refractivity contribution in [1.82, 2.24) is 9.88 Å². The molecule has 2 heterocycles. The van der Waals surface area contributed by atoms with Crippen LogP contribution in [0.15, 0.2) is 12.3 Å². The predicted molar refractivity (Wildman–Crippen MR) is 64.0 cm³/mol. The van der Waals surface area contributed by atoms with Gasteiger partial charge in [-0.25, -0.2) is 0 Å². The van der Waals surface area contributed by atoms with Gasteiger partial charge in [-0.05, 0) is 24.5 Å². The summed E-state index contributed by atoms with van der Waals surface area (Å²) in [6.07, 6.45) is 4.83. The van der Waals surface area contributed by atoms with Crippen LogP contribution in [0.4, 0.5) is 0 Å². The first-order valence-corrected chi connectivity index (χ1v) is 6.20. The number of nitrogens with one attached hydrogen (secondary N) is 1. The lowest BCUT2D eigenvalue weighted by Gasteiger charge is -2.30. The van der Waals surface area contributed by atoms with E-state index in [0.29, 0.717) is 5.91 Å². The first-order valence-electron chi connectivity index (χ1n) is 6.20. The van der Waals surface area contributed by atoms with Gasteiger partial charge in [0.05, 0.1) is 0 Å². The van der Waals surface area contributed by atoms with Crippen molar-refractivity contribution in [3.8, 4) is 0 Å². The lowest BCUT2D eigenvalue weighted by molar-refractivity contribution is -0.136. The van der Waals surface area contributed by atoms with Crippen molar-refractivity contribution in [3.63, 3.8) is 0 Å². The summed E-state index contributed by atoms with van der Waals surface area (Å²) < 4.78 is 0. The lowest BCUT2D eigenvalue weighted by atomic mass is 9.99. The van der Waals surface area contributed by atoms with E-state index in [4.69, 9.17) is 0 Å². The van der Waals surface area contributed by atoms with Crippen molar-refractivity contribution in [2.75, 3.05) is 6.54 Å². The Hall–Kier alpha value is -1.25. The third kappa shape index (κ3) is 1.99. The molecular formula is C13H20N2O. The number of aromatic amines is 1. The van der Waals surface area contributed by atoms with Gasteiger partial charge in [0.1, 0.15) is 0 Å². The zero-order valence-electron chi connectivity index (χ0n) is 10.1. The SMILES string of the molecule is CCC(CC)C(=O)N1CCc2[nH]ccc2C1. The molecule has 0 aliphatic carbocycles. The number of aromatic nitrogens is 1. The first-order chi connectivity index (χ1) is 7.76. The van der Waals surface area contributed by atoms with Crippen molar-refractivity contribution in [1.29, 1.82) is 0 Å². The zero-order valence-corrected chi connectivity index (χ0v) is 10.1. The average molecular weight is 220 g/mol. The number of hydrogen-bond acceptors (Lipinski definition) is 1. The Bertz CT molecular complexity index is 366. The summed E-state index contributed by atoms with van der Waals surface area (Å²) in [6, 6.07) is 2.08. The maximum atomic E-state index is 12.2. The molecule has 1 aromatic rings. The molecule has 0 aromatic carbocycles. The van der Waals surface area contributed by atoms with E-state index in [0.717, 1.165) is 32.4 Å². The van der Waals surface area contributed by atoms with E-state index in [1.807, 2.05) is 11.1 Å². The van der Waals surface area contributed by atoms with Crippen LogP contribution in [0.1, 0.15) is 37.9 Å². The Labute approximate surface area is 96.8 Å². The van der Waals surface area contributed by atoms with E-state index >= 15 is 0 Å². The predicted octanol–water partition coefficient (Wildman–Crippen LogP) is 2.34. The van der Waals surface area contributed by atoms with E-state index in [9.17, 15) is 4.79 Å². The second-order valence-corrected chi connectivity index (χ2v) is 4.50. The summed E-state index contributed by atoms with van der Waals surface area (Å²) in [6.45, 7) is 5.84. The molecule has 0 saturated carbocycles. The molecule has 1 aliphatic rings. The normalized spacial score (nSPS) is 15.3. The van der Waals surface area contributed by atoms with Gasteiger partial charge in [0.25, 0.3) is 0 Å². The molecule has 0 bridgehead atoms. The van der Waals surface area contributed by atoms with Gasteiger partial charge in [0.15, 0.2) is 0 Å². The fraction of sp³-hybridized carbons (Fsp3) is 0.615. The monoisotopic (exact) mass is 220 g/mol. The number of rotatable bonds is 3. The number of H-pyrrole nitrogens is 1. The van der Waals surface area contributed by atoms with Gasteiger partial charge in [-0.1, -0.05) is 13.8 Å². The van der Waals surface area contributed by atoms with Crippen molar-refractivity contribution < 1.29 is 4.79 Å². The van der Waals surface area contributed by atoms with Crippen LogP contribution in [-0.2, 0) is 17.8 Å². The summed E-state index contributed by atoms with van der Waals surface area (Å²) >= 11 is 0. The number of nitrogens with zero attached hydrogens (tertiary/aromatic N) is 1. The number of carbonyl (C=O) groups is 1. The van der Waals surface area contributed by atoms with Gasteiger partial charge in [-0.2, -0.15) is 0 Å². The van der Waals surface area contributed by atoms with Crippen LogP contribution in [0.25, 0.3) is 0 Å². The Morgan fingerprint density at radius 1 is 1.50 bits per heavy atom. The topological polar surface area (TPSA) is 36.1 Å². The van der Waals surface area contributed by atoms with Gasteiger partial charge in [0.2, 0.25) is 5.91 Å². The summed E-state index contributed by atoms with van der Waals surface area (Å²) in [7, 11) is 0. The summed E-state index contributed by atoms with van der Waals surface area (Å²) in [5, 5.41) is 0. The highest BCUT2D eigenvalue weighted by atomic mass is 16.2. The van der Waals surface area contributed by atoms with Crippen LogP contribution >= 0.6 is 0 Å². The van der Waals surface area contributed by atoms with Crippen LogP contribution in [0.2, 0.25) is 0 Å². The first kappa shape index (κ1) is 11.2. The van der Waals surface area contributed by atoms with E-state index in [1.165, 1.54) is 11.3 Å². The molecule has 0 saturated heterocycles. The van der Waals surface area contributed by atoms with Crippen molar-refractivity contribution in [2.24, 2.45) is 5.92 Å². The maximum absolute atomic E-state index is 12.2. The number of carbonyl (C=O) groups excluding carboxylic acids is 1. The van der Waals surface area contributed by atoms with Gasteiger partial charge < -0.3 is 9.88 Å². The third-order valence-corrected chi connectivity index (χ3v) is 3.57. The highest BCUT2D eigenvalue weighted by Gasteiger charge is 2.25. The summed E-state index contributed by atoms with van der Waals surface area (Å²) in [4.78, 5) is 17.5. The largest absolute Gasteiger partial charge is 0.365 e. The molecule has 1 aromatic heterocycles. The standard InChI is InChI=1S/C13H20N2O/c1-3-10(4-2)13(16)15-8-6-12-11(9-15)5-7-14-12/h5,7,10,14H,3-4,6,8-9H2,1-2H3. The summed E-state index contributed by atoms with van der Waals surface area (Å²) in [5.74, 6) is 0.539. The second-order valence-electron chi connectivity index (χ2n) is 4.50. The van der Waals surface area contributed by atoms with Gasteiger partial charge in [-0.15, -0.1) is 0 Å². The summed E-state index contributed by atoms with van der Waals surface area (Å²) in [5.41, 5.74) is 2.58. The maximum Gasteiger partial charge on any atom is 0.225 e. The third-order valence-electron chi connectivity index (χ3n) is 3.57. The highest BCUT2D eigenvalue weighted by Crippen LogP contribution is 2.21. The quantitative estimate of drug-likeness (QED) is 0.834. The van der Waals surface area contributed by atoms with Crippen molar-refractivity contribution >= 4 is 5.91 Å². The van der Waals surface area contributed by atoms with Crippen LogP contribution < -0.4 is 0 Å². The molecule has 1 N–H and O–H groups in total. The minimum Gasteiger partial charge on any atom is -0.365 e. The minimum absolute atomic E-state index is 0.209. The lowest BCUT2D eigenvalue weighted by Crippen LogP contribution is -2.39. The molecule has 3 heteroatoms. The molecular weight excluding hydrogens is 200 g/mol. The Morgan fingerprint density at radius 2 is 2.25 bits per heavy atom. The highest BCUT2D eigenvalue weighted by molar-refractivity contribution is 5.79. The van der Waals surface area contributed by atoms with Gasteiger partial charge in [0, 0.05) is 37.3 Å². The Kier molecular flexibility index (Phi) is 3.32. The second kappa shape index (κ2) is 4.73. The smallest absolute Gasteiger partial charge is 0.225 e. The van der Waals surface area contributed by atoms with E-state index < -0.39 is 0 Å². The molecule has 0 fully saturated rings. The van der Waals surface area contributed by atoms with Crippen molar-refractivity contribution in [2.45, 2.75) is 39.7 Å². The number of hydrogen-bond donors (Lipinski definition) is 1. The molecule has 0 spiro atoms. The molecule has 1 aliphatic heterocycles. The molecule has 16 heavy (non-hydrogen) atoms. The molecule has 0 unspecified atom stereocenters. The van der Waals surface area contributed by atoms with E-state index in [2.05, 4.69) is 24.9 Å². The number of fused-ring (bicyclic) bond motifs is 1. The fourth-order valence-electron chi connectivity index (χ4n) is 2.43. The molecule has 2 rings (SSSR count). The van der Waals surface area contributed by atoms with E-state index in [1.54, 1.807) is 0 Å². The van der Waals surface area contributed by atoms with Crippen LogP contribution in [0.5, 0.6) is 0 Å². The van der Waals surface area contributed by atoms with E-state index in [-0.39, 0.29) is 5.92 Å². The van der Waals surface area contributed by atoms with Gasteiger partial charge in [-0.3, -0.25) is 4.79 Å². The molecule has 88 valence electrons. The average Bonchev–Trinajstić information content (AvgIpc) is 2.77. The molecule has 0 radical (unpaired) electrons. The Morgan fingerprint density at radius 3 is 2.94 bits per heavy atom. The zero-order chi connectivity index (χ0) is 11.5. The van der Waals surface area contributed by atoms with Crippen LogP contribution in [-0.4, -0.2) is 22.3 Å².